The maximum absolute atomic E-state index is 11.5. The summed E-state index contributed by atoms with van der Waals surface area (Å²) in [7, 11) is 0. The van der Waals surface area contributed by atoms with Crippen LogP contribution in [0.5, 0.6) is 0 Å². The van der Waals surface area contributed by atoms with Crippen molar-refractivity contribution in [3.05, 3.63) is 18.3 Å². The minimum Gasteiger partial charge on any atom is -0.397 e. The highest BCUT2D eigenvalue weighted by Gasteiger charge is 2.05. The Labute approximate surface area is 110 Å². The summed E-state index contributed by atoms with van der Waals surface area (Å²) in [5, 5.41) is 5.92. The van der Waals surface area contributed by atoms with E-state index < -0.39 is 0 Å². The maximum Gasteiger partial charge on any atom is 0.230 e. The SMILES string of the molecule is CC(=O)NCCNC(=O)CSc1ncccc1N. The third-order valence-electron chi connectivity index (χ3n) is 1.96. The molecule has 0 aromatic carbocycles. The third kappa shape index (κ3) is 5.53. The van der Waals surface area contributed by atoms with Gasteiger partial charge in [-0.2, -0.15) is 0 Å². The van der Waals surface area contributed by atoms with Gasteiger partial charge in [-0.25, -0.2) is 4.98 Å². The van der Waals surface area contributed by atoms with Crippen LogP contribution in [-0.2, 0) is 9.59 Å². The van der Waals surface area contributed by atoms with Crippen molar-refractivity contribution in [1.29, 1.82) is 0 Å². The second-order valence-corrected chi connectivity index (χ2v) is 4.48. The number of pyridine rings is 1. The molecule has 18 heavy (non-hydrogen) atoms. The quantitative estimate of drug-likeness (QED) is 0.499. The number of nitrogens with two attached hydrogens (primary N) is 1. The monoisotopic (exact) mass is 268 g/mol. The van der Waals surface area contributed by atoms with Crippen molar-refractivity contribution in [2.24, 2.45) is 0 Å². The van der Waals surface area contributed by atoms with E-state index in [1.165, 1.54) is 18.7 Å². The Kier molecular flexibility index (Phi) is 5.99. The number of rotatable bonds is 6. The lowest BCUT2D eigenvalue weighted by molar-refractivity contribution is -0.120. The Bertz CT molecular complexity index is 425. The molecule has 1 heterocycles. The summed E-state index contributed by atoms with van der Waals surface area (Å²) in [4.78, 5) is 26.1. The Hall–Kier alpha value is -1.76. The number of nitrogens with one attached hydrogen (secondary N) is 2. The molecule has 1 aromatic rings. The minimum atomic E-state index is -0.115. The molecule has 0 saturated carbocycles. The van der Waals surface area contributed by atoms with Crippen LogP contribution in [-0.4, -0.2) is 35.6 Å². The van der Waals surface area contributed by atoms with E-state index >= 15 is 0 Å². The number of thioether (sulfide) groups is 1. The number of hydrogen-bond acceptors (Lipinski definition) is 5. The van der Waals surface area contributed by atoms with Gasteiger partial charge in [0, 0.05) is 26.2 Å². The molecule has 6 nitrogen and oxygen atoms in total. The van der Waals surface area contributed by atoms with Crippen molar-refractivity contribution in [2.75, 3.05) is 24.6 Å². The molecule has 98 valence electrons. The molecule has 0 aliphatic heterocycles. The summed E-state index contributed by atoms with van der Waals surface area (Å²) < 4.78 is 0. The van der Waals surface area contributed by atoms with E-state index in [2.05, 4.69) is 15.6 Å². The highest BCUT2D eigenvalue weighted by Crippen LogP contribution is 2.20. The summed E-state index contributed by atoms with van der Waals surface area (Å²) >= 11 is 1.28. The van der Waals surface area contributed by atoms with Crippen LogP contribution in [0.4, 0.5) is 5.69 Å². The van der Waals surface area contributed by atoms with Gasteiger partial charge in [0.1, 0.15) is 5.03 Å². The highest BCUT2D eigenvalue weighted by atomic mass is 32.2. The molecule has 0 atom stereocenters. The van der Waals surface area contributed by atoms with E-state index in [0.29, 0.717) is 23.8 Å². The van der Waals surface area contributed by atoms with Crippen LogP contribution in [0.2, 0.25) is 0 Å². The minimum absolute atomic E-state index is 0.111. The summed E-state index contributed by atoms with van der Waals surface area (Å²) in [5.74, 6) is 0.0247. The normalized spacial score (nSPS) is 9.83. The lowest BCUT2D eigenvalue weighted by atomic mass is 10.4. The molecule has 0 unspecified atom stereocenters. The predicted molar refractivity (Wildman–Crippen MR) is 71.1 cm³/mol. The zero-order chi connectivity index (χ0) is 13.4. The fourth-order valence-electron chi connectivity index (χ4n) is 1.15. The number of aromatic nitrogens is 1. The largest absolute Gasteiger partial charge is 0.397 e. The molecule has 0 aliphatic rings. The Morgan fingerprint density at radius 2 is 2.11 bits per heavy atom. The van der Waals surface area contributed by atoms with E-state index in [0.717, 1.165) is 0 Å². The first-order chi connectivity index (χ1) is 8.59. The first-order valence-corrected chi connectivity index (χ1v) is 6.42. The average molecular weight is 268 g/mol. The fraction of sp³-hybridized carbons (Fsp3) is 0.364. The van der Waals surface area contributed by atoms with Crippen LogP contribution in [0.25, 0.3) is 0 Å². The van der Waals surface area contributed by atoms with Crippen molar-refractivity contribution in [1.82, 2.24) is 15.6 Å². The van der Waals surface area contributed by atoms with Gasteiger partial charge in [0.25, 0.3) is 0 Å². The first-order valence-electron chi connectivity index (χ1n) is 5.44. The number of nitrogens with zero attached hydrogens (tertiary/aromatic N) is 1. The van der Waals surface area contributed by atoms with Gasteiger partial charge in [0.15, 0.2) is 0 Å². The average Bonchev–Trinajstić information content (AvgIpc) is 2.33. The molecular weight excluding hydrogens is 252 g/mol. The van der Waals surface area contributed by atoms with Crippen LogP contribution >= 0.6 is 11.8 Å². The van der Waals surface area contributed by atoms with Crippen molar-refractivity contribution < 1.29 is 9.59 Å². The van der Waals surface area contributed by atoms with E-state index in [1.807, 2.05) is 0 Å². The number of anilines is 1. The summed E-state index contributed by atoms with van der Waals surface area (Å²) in [5.41, 5.74) is 6.26. The van der Waals surface area contributed by atoms with E-state index in [9.17, 15) is 9.59 Å². The third-order valence-corrected chi connectivity index (χ3v) is 2.98. The first kappa shape index (κ1) is 14.3. The topological polar surface area (TPSA) is 97.1 Å². The number of carbonyl (C=O) groups excluding carboxylic acids is 2. The van der Waals surface area contributed by atoms with Gasteiger partial charge < -0.3 is 16.4 Å². The summed E-state index contributed by atoms with van der Waals surface area (Å²) in [6.45, 7) is 2.27. The lowest BCUT2D eigenvalue weighted by Crippen LogP contribution is -2.34. The Morgan fingerprint density at radius 1 is 1.39 bits per heavy atom. The molecule has 0 radical (unpaired) electrons. The van der Waals surface area contributed by atoms with E-state index in [1.54, 1.807) is 18.3 Å². The molecule has 0 saturated heterocycles. The van der Waals surface area contributed by atoms with E-state index in [4.69, 9.17) is 5.73 Å². The van der Waals surface area contributed by atoms with Crippen LogP contribution in [0, 0.1) is 0 Å². The number of hydrogen-bond donors (Lipinski definition) is 3. The Balaban J connectivity index is 2.21. The molecule has 0 bridgehead atoms. The van der Waals surface area contributed by atoms with Crippen LogP contribution in [0.15, 0.2) is 23.4 Å². The van der Waals surface area contributed by atoms with Crippen molar-refractivity contribution >= 4 is 29.3 Å². The van der Waals surface area contributed by atoms with Crippen molar-refractivity contribution in [3.8, 4) is 0 Å². The highest BCUT2D eigenvalue weighted by molar-refractivity contribution is 8.00. The zero-order valence-corrected chi connectivity index (χ0v) is 10.9. The number of carbonyl (C=O) groups is 2. The fourth-order valence-corrected chi connectivity index (χ4v) is 1.89. The van der Waals surface area contributed by atoms with Gasteiger partial charge in [-0.1, -0.05) is 11.8 Å². The molecule has 1 aromatic heterocycles. The lowest BCUT2D eigenvalue weighted by Gasteiger charge is -2.06. The van der Waals surface area contributed by atoms with Gasteiger partial charge in [-0.05, 0) is 12.1 Å². The summed E-state index contributed by atoms with van der Waals surface area (Å²) in [6.07, 6.45) is 1.63. The van der Waals surface area contributed by atoms with Crippen LogP contribution < -0.4 is 16.4 Å². The number of amides is 2. The Morgan fingerprint density at radius 3 is 2.78 bits per heavy atom. The van der Waals surface area contributed by atoms with Gasteiger partial charge in [-0.3, -0.25) is 9.59 Å². The number of nitrogen functional groups attached to an aromatic ring is 1. The molecule has 2 amide bonds. The van der Waals surface area contributed by atoms with Crippen molar-refractivity contribution in [3.63, 3.8) is 0 Å². The zero-order valence-electron chi connectivity index (χ0n) is 10.1. The van der Waals surface area contributed by atoms with Crippen LogP contribution in [0.3, 0.4) is 0 Å². The second kappa shape index (κ2) is 7.54. The van der Waals surface area contributed by atoms with Crippen molar-refractivity contribution in [2.45, 2.75) is 11.9 Å². The molecule has 7 heteroatoms. The molecule has 0 fully saturated rings. The van der Waals surface area contributed by atoms with Gasteiger partial charge >= 0.3 is 0 Å². The second-order valence-electron chi connectivity index (χ2n) is 3.52. The standard InChI is InChI=1S/C11H16N4O2S/c1-8(16)13-5-6-14-10(17)7-18-11-9(12)3-2-4-15-11/h2-4H,5-7,12H2,1H3,(H,13,16)(H,14,17). The molecule has 1 rings (SSSR count). The summed E-state index contributed by atoms with van der Waals surface area (Å²) in [6, 6.07) is 3.48. The smallest absolute Gasteiger partial charge is 0.230 e. The predicted octanol–water partition coefficient (Wildman–Crippen LogP) is 0.00820. The maximum atomic E-state index is 11.5. The molecule has 4 N–H and O–H groups in total. The van der Waals surface area contributed by atoms with E-state index in [-0.39, 0.29) is 17.6 Å². The van der Waals surface area contributed by atoms with Crippen LogP contribution in [0.1, 0.15) is 6.92 Å². The van der Waals surface area contributed by atoms with Gasteiger partial charge in [0.2, 0.25) is 11.8 Å². The van der Waals surface area contributed by atoms with Gasteiger partial charge in [-0.15, -0.1) is 0 Å². The van der Waals surface area contributed by atoms with Gasteiger partial charge in [0.05, 0.1) is 11.4 Å². The molecular formula is C11H16N4O2S. The molecule has 0 aliphatic carbocycles. The molecule has 0 spiro atoms.